The molecule has 0 amide bonds. The van der Waals surface area contributed by atoms with Crippen molar-refractivity contribution in [3.8, 4) is 5.75 Å². The van der Waals surface area contributed by atoms with Crippen LogP contribution in [0.4, 0.5) is 5.69 Å². The summed E-state index contributed by atoms with van der Waals surface area (Å²) >= 11 is 0. The maximum Gasteiger partial charge on any atom is 0.311 e. The Bertz CT molecular complexity index is 407. The third-order valence-corrected chi connectivity index (χ3v) is 2.46. The van der Waals surface area contributed by atoms with Crippen LogP contribution in [0.2, 0.25) is 0 Å². The van der Waals surface area contributed by atoms with E-state index in [4.69, 9.17) is 14.6 Å². The largest absolute Gasteiger partial charge is 0.484 e. The van der Waals surface area contributed by atoms with Crippen LogP contribution < -0.4 is 4.74 Å². The number of hydrogen-bond acceptors (Lipinski definition) is 5. The lowest BCUT2D eigenvalue weighted by atomic mass is 10.2. The molecule has 6 nitrogen and oxygen atoms in total. The molecule has 0 bridgehead atoms. The second-order valence-electron chi connectivity index (χ2n) is 3.93. The molecule has 0 radical (unpaired) electrons. The summed E-state index contributed by atoms with van der Waals surface area (Å²) in [4.78, 5) is 10.4. The molecule has 1 aromatic carbocycles. The molecule has 18 heavy (non-hydrogen) atoms. The Labute approximate surface area is 105 Å². The summed E-state index contributed by atoms with van der Waals surface area (Å²) in [5, 5.41) is 19.9. The Morgan fingerprint density at radius 1 is 1.50 bits per heavy atom. The maximum absolute atomic E-state index is 10.9. The molecule has 1 atom stereocenters. The van der Waals surface area contributed by atoms with Crippen molar-refractivity contribution in [1.82, 2.24) is 0 Å². The summed E-state index contributed by atoms with van der Waals surface area (Å²) < 4.78 is 10.4. The molecule has 0 aliphatic carbocycles. The van der Waals surface area contributed by atoms with Gasteiger partial charge in [0.15, 0.2) is 5.75 Å². The Balaban J connectivity index is 2.84. The first-order valence-electron chi connectivity index (χ1n) is 5.62. The number of aliphatic hydroxyl groups is 1. The Kier molecular flexibility index (Phi) is 5.54. The van der Waals surface area contributed by atoms with Gasteiger partial charge in [0.25, 0.3) is 0 Å². The average molecular weight is 255 g/mol. The average Bonchev–Trinajstić information content (AvgIpc) is 2.36. The Morgan fingerprint density at radius 2 is 2.22 bits per heavy atom. The van der Waals surface area contributed by atoms with E-state index in [1.165, 1.54) is 12.1 Å². The number of nitrogens with zero attached hydrogens (tertiary/aromatic N) is 1. The topological polar surface area (TPSA) is 81.8 Å². The minimum atomic E-state index is -0.516. The molecule has 1 N–H and O–H groups in total. The van der Waals surface area contributed by atoms with Crippen LogP contribution in [0.5, 0.6) is 5.75 Å². The molecule has 0 aliphatic heterocycles. The van der Waals surface area contributed by atoms with Crippen LogP contribution in [0.25, 0.3) is 0 Å². The molecule has 0 spiro atoms. The van der Waals surface area contributed by atoms with Crippen LogP contribution in [0.15, 0.2) is 18.2 Å². The molecule has 1 aromatic rings. The van der Waals surface area contributed by atoms with Crippen molar-refractivity contribution in [2.45, 2.75) is 26.1 Å². The number of aliphatic hydroxyl groups excluding tert-OH is 1. The summed E-state index contributed by atoms with van der Waals surface area (Å²) in [5.41, 5.74) is 0.351. The molecule has 1 unspecified atom stereocenters. The second-order valence-corrected chi connectivity index (χ2v) is 3.93. The van der Waals surface area contributed by atoms with Gasteiger partial charge in [-0.15, -0.1) is 0 Å². The van der Waals surface area contributed by atoms with Gasteiger partial charge < -0.3 is 14.6 Å². The monoisotopic (exact) mass is 255 g/mol. The van der Waals surface area contributed by atoms with Crippen molar-refractivity contribution in [3.63, 3.8) is 0 Å². The smallest absolute Gasteiger partial charge is 0.311 e. The minimum Gasteiger partial charge on any atom is -0.484 e. The van der Waals surface area contributed by atoms with Crippen LogP contribution in [0, 0.1) is 10.1 Å². The zero-order valence-electron chi connectivity index (χ0n) is 10.5. The molecule has 6 heteroatoms. The first-order valence-corrected chi connectivity index (χ1v) is 5.62. The van der Waals surface area contributed by atoms with Crippen LogP contribution in [-0.4, -0.2) is 29.9 Å². The lowest BCUT2D eigenvalue weighted by Crippen LogP contribution is -2.15. The van der Waals surface area contributed by atoms with Gasteiger partial charge in [0.05, 0.1) is 17.6 Å². The molecule has 100 valence electrons. The van der Waals surface area contributed by atoms with E-state index < -0.39 is 4.92 Å². The predicted octanol–water partition coefficient (Wildman–Crippen LogP) is 1.89. The molecule has 0 heterocycles. The van der Waals surface area contributed by atoms with E-state index in [-0.39, 0.29) is 24.1 Å². The van der Waals surface area contributed by atoms with E-state index in [1.54, 1.807) is 13.2 Å². The Hall–Kier alpha value is -1.66. The Morgan fingerprint density at radius 3 is 2.78 bits per heavy atom. The summed E-state index contributed by atoms with van der Waals surface area (Å²) in [6.07, 6.45) is 0.471. The summed E-state index contributed by atoms with van der Waals surface area (Å²) in [7, 11) is 1.59. The molecular formula is C12H17NO5. The van der Waals surface area contributed by atoms with Gasteiger partial charge in [0.2, 0.25) is 0 Å². The molecule has 1 rings (SSSR count). The zero-order valence-corrected chi connectivity index (χ0v) is 10.5. The quantitative estimate of drug-likeness (QED) is 0.594. The minimum absolute atomic E-state index is 0.134. The second kappa shape index (κ2) is 6.93. The van der Waals surface area contributed by atoms with Crippen molar-refractivity contribution >= 4 is 5.69 Å². The van der Waals surface area contributed by atoms with E-state index in [0.29, 0.717) is 18.6 Å². The zero-order chi connectivity index (χ0) is 13.5. The van der Waals surface area contributed by atoms with Gasteiger partial charge in [-0.2, -0.15) is 0 Å². The van der Waals surface area contributed by atoms with Crippen LogP contribution in [0.1, 0.15) is 18.9 Å². The number of ether oxygens (including phenoxy) is 2. The van der Waals surface area contributed by atoms with E-state index in [0.717, 1.165) is 0 Å². The summed E-state index contributed by atoms with van der Waals surface area (Å²) in [6, 6.07) is 4.43. The molecule has 0 fully saturated rings. The lowest BCUT2D eigenvalue weighted by Gasteiger charge is -2.14. The van der Waals surface area contributed by atoms with Crippen LogP contribution in [0.3, 0.4) is 0 Å². The van der Waals surface area contributed by atoms with Gasteiger partial charge in [0, 0.05) is 26.2 Å². The number of hydrogen-bond donors (Lipinski definition) is 1. The van der Waals surface area contributed by atoms with Gasteiger partial charge >= 0.3 is 5.69 Å². The lowest BCUT2D eigenvalue weighted by molar-refractivity contribution is -0.386. The van der Waals surface area contributed by atoms with Gasteiger partial charge in [0.1, 0.15) is 0 Å². The van der Waals surface area contributed by atoms with Gasteiger partial charge in [-0.1, -0.05) is 6.07 Å². The first-order chi connectivity index (χ1) is 8.58. The normalized spacial score (nSPS) is 12.2. The van der Waals surface area contributed by atoms with Crippen molar-refractivity contribution in [1.29, 1.82) is 0 Å². The number of rotatable bonds is 7. The van der Waals surface area contributed by atoms with E-state index in [9.17, 15) is 10.1 Å². The number of methoxy groups -OCH3 is 1. The molecule has 0 saturated carbocycles. The molecule has 0 aromatic heterocycles. The standard InChI is InChI=1S/C12H17NO5/c1-9(5-6-17-2)18-12-4-3-10(8-14)7-11(12)13(15)16/h3-4,7,9,14H,5-6,8H2,1-2H3. The molecule has 0 saturated heterocycles. The fourth-order valence-corrected chi connectivity index (χ4v) is 1.46. The third kappa shape index (κ3) is 3.97. The third-order valence-electron chi connectivity index (χ3n) is 2.46. The maximum atomic E-state index is 10.9. The highest BCUT2D eigenvalue weighted by Gasteiger charge is 2.17. The number of benzene rings is 1. The number of nitro groups is 1. The predicted molar refractivity (Wildman–Crippen MR) is 65.6 cm³/mol. The first kappa shape index (κ1) is 14.4. The van der Waals surface area contributed by atoms with Crippen molar-refractivity contribution < 1.29 is 19.5 Å². The van der Waals surface area contributed by atoms with Gasteiger partial charge in [-0.25, -0.2) is 0 Å². The highest BCUT2D eigenvalue weighted by molar-refractivity contribution is 5.48. The summed E-state index contributed by atoms with van der Waals surface area (Å²) in [6.45, 7) is 2.12. The fraction of sp³-hybridized carbons (Fsp3) is 0.500. The van der Waals surface area contributed by atoms with Gasteiger partial charge in [-0.3, -0.25) is 10.1 Å². The van der Waals surface area contributed by atoms with Crippen LogP contribution >= 0.6 is 0 Å². The van der Waals surface area contributed by atoms with Crippen molar-refractivity contribution in [3.05, 3.63) is 33.9 Å². The van der Waals surface area contributed by atoms with E-state index in [1.807, 2.05) is 6.92 Å². The van der Waals surface area contributed by atoms with E-state index >= 15 is 0 Å². The number of nitro benzene ring substituents is 1. The van der Waals surface area contributed by atoms with Crippen molar-refractivity contribution in [2.75, 3.05) is 13.7 Å². The van der Waals surface area contributed by atoms with Crippen LogP contribution in [-0.2, 0) is 11.3 Å². The molecule has 0 aliphatic rings. The van der Waals surface area contributed by atoms with Crippen molar-refractivity contribution in [2.24, 2.45) is 0 Å². The van der Waals surface area contributed by atoms with Gasteiger partial charge in [-0.05, 0) is 18.6 Å². The fourth-order valence-electron chi connectivity index (χ4n) is 1.46. The highest BCUT2D eigenvalue weighted by Crippen LogP contribution is 2.29. The highest BCUT2D eigenvalue weighted by atomic mass is 16.6. The molecular weight excluding hydrogens is 238 g/mol. The summed E-state index contributed by atoms with van der Waals surface area (Å²) in [5.74, 6) is 0.209. The SMILES string of the molecule is COCCC(C)Oc1ccc(CO)cc1[N+](=O)[O-]. The van der Waals surface area contributed by atoms with E-state index in [2.05, 4.69) is 0 Å².